The fraction of sp³-hybridized carbons (Fsp3) is 0.136. The van der Waals surface area contributed by atoms with Crippen LogP contribution in [0.1, 0.15) is 17.5 Å². The van der Waals surface area contributed by atoms with Crippen LogP contribution in [0.15, 0.2) is 54.7 Å². The summed E-state index contributed by atoms with van der Waals surface area (Å²) >= 11 is 5.99. The maximum Gasteiger partial charge on any atom is 0.243 e. The highest BCUT2D eigenvalue weighted by atomic mass is 35.5. The van der Waals surface area contributed by atoms with Crippen LogP contribution in [0.4, 0.5) is 11.5 Å². The molecule has 142 valence electrons. The maximum atomic E-state index is 13.6. The van der Waals surface area contributed by atoms with E-state index in [1.807, 2.05) is 24.3 Å². The quantitative estimate of drug-likeness (QED) is 0.670. The van der Waals surface area contributed by atoms with Crippen LogP contribution in [0.3, 0.4) is 0 Å². The number of halogens is 1. The monoisotopic (exact) mass is 402 g/mol. The SMILES string of the molecule is C#CCN1C(=O)[C@@]2(CC(=O)Nc3c2cnn3-c2ccc(Cl)cc2)c2ccccc21. The number of nitrogens with zero attached hydrogens (tertiary/aromatic N) is 3. The third kappa shape index (κ3) is 2.35. The molecule has 0 saturated heterocycles. The molecule has 1 atom stereocenters. The average Bonchev–Trinajstić information content (AvgIpc) is 3.24. The first-order valence-corrected chi connectivity index (χ1v) is 9.43. The third-order valence-corrected chi connectivity index (χ3v) is 5.75. The van der Waals surface area contributed by atoms with E-state index < -0.39 is 5.41 Å². The zero-order chi connectivity index (χ0) is 20.2. The van der Waals surface area contributed by atoms with Crippen molar-refractivity contribution in [3.63, 3.8) is 0 Å². The molecule has 1 aromatic heterocycles. The number of rotatable bonds is 2. The van der Waals surface area contributed by atoms with Crippen LogP contribution in [-0.2, 0) is 15.0 Å². The molecule has 7 heteroatoms. The van der Waals surface area contributed by atoms with Gasteiger partial charge in [0.1, 0.15) is 11.2 Å². The maximum absolute atomic E-state index is 13.6. The summed E-state index contributed by atoms with van der Waals surface area (Å²) < 4.78 is 1.62. The van der Waals surface area contributed by atoms with E-state index in [4.69, 9.17) is 18.0 Å². The van der Waals surface area contributed by atoms with Crippen molar-refractivity contribution in [3.05, 3.63) is 70.9 Å². The standard InChI is InChI=1S/C22H15ClN4O2/c1-2-11-26-18-6-4-3-5-16(18)22(21(26)29)12-19(28)25-20-17(22)13-24-27(20)15-9-7-14(23)8-10-15/h1,3-10,13H,11-12H2,(H,25,28)/t22-/m0/s1. The van der Waals surface area contributed by atoms with Crippen molar-refractivity contribution < 1.29 is 9.59 Å². The van der Waals surface area contributed by atoms with Gasteiger partial charge in [-0.1, -0.05) is 35.7 Å². The number of aromatic nitrogens is 2. The van der Waals surface area contributed by atoms with Crippen molar-refractivity contribution in [2.24, 2.45) is 0 Å². The Morgan fingerprint density at radius 1 is 1.14 bits per heavy atom. The normalized spacial score (nSPS) is 19.7. The van der Waals surface area contributed by atoms with Crippen LogP contribution >= 0.6 is 11.6 Å². The second-order valence-electron chi connectivity index (χ2n) is 7.04. The molecule has 0 saturated carbocycles. The Balaban J connectivity index is 1.75. The third-order valence-electron chi connectivity index (χ3n) is 5.50. The summed E-state index contributed by atoms with van der Waals surface area (Å²) in [6.45, 7) is 0.139. The Morgan fingerprint density at radius 2 is 1.90 bits per heavy atom. The summed E-state index contributed by atoms with van der Waals surface area (Å²) in [5.41, 5.74) is 1.74. The number of terminal acetylenes is 1. The van der Waals surface area contributed by atoms with Crippen LogP contribution < -0.4 is 10.2 Å². The van der Waals surface area contributed by atoms with E-state index in [9.17, 15) is 9.59 Å². The number of hydrogen-bond acceptors (Lipinski definition) is 3. The molecule has 0 fully saturated rings. The van der Waals surface area contributed by atoms with E-state index in [1.165, 1.54) is 0 Å². The minimum atomic E-state index is -1.14. The van der Waals surface area contributed by atoms with Crippen LogP contribution in [0.5, 0.6) is 0 Å². The molecule has 0 radical (unpaired) electrons. The van der Waals surface area contributed by atoms with Crippen molar-refractivity contribution in [1.29, 1.82) is 0 Å². The Morgan fingerprint density at radius 3 is 2.66 bits per heavy atom. The lowest BCUT2D eigenvalue weighted by molar-refractivity contribution is -0.126. The summed E-state index contributed by atoms with van der Waals surface area (Å²) in [7, 11) is 0. The van der Waals surface area contributed by atoms with Crippen LogP contribution in [0.25, 0.3) is 5.69 Å². The number of fused-ring (bicyclic) bond motifs is 4. The van der Waals surface area contributed by atoms with Gasteiger partial charge in [0.05, 0.1) is 18.4 Å². The van der Waals surface area contributed by atoms with Gasteiger partial charge in [-0.3, -0.25) is 14.5 Å². The predicted octanol–water partition coefficient (Wildman–Crippen LogP) is 3.13. The number of benzene rings is 2. The Hall–Kier alpha value is -3.56. The lowest BCUT2D eigenvalue weighted by Crippen LogP contribution is -2.46. The molecule has 2 amide bonds. The first-order chi connectivity index (χ1) is 14.1. The molecule has 0 bridgehead atoms. The van der Waals surface area contributed by atoms with Gasteiger partial charge in [0.15, 0.2) is 0 Å². The van der Waals surface area contributed by atoms with E-state index in [0.29, 0.717) is 16.4 Å². The van der Waals surface area contributed by atoms with E-state index in [1.54, 1.807) is 40.0 Å². The fourth-order valence-electron chi connectivity index (χ4n) is 4.28. The van der Waals surface area contributed by atoms with E-state index in [2.05, 4.69) is 16.3 Å². The predicted molar refractivity (Wildman–Crippen MR) is 110 cm³/mol. The van der Waals surface area contributed by atoms with Crippen LogP contribution in [0, 0.1) is 12.3 Å². The second-order valence-corrected chi connectivity index (χ2v) is 7.47. The molecule has 1 N–H and O–H groups in total. The molecule has 2 aliphatic rings. The van der Waals surface area contributed by atoms with Crippen LogP contribution in [-0.4, -0.2) is 28.1 Å². The first-order valence-electron chi connectivity index (χ1n) is 9.05. The number of hydrogen-bond donors (Lipinski definition) is 1. The Labute approximate surface area is 172 Å². The minimum Gasteiger partial charge on any atom is -0.310 e. The molecule has 2 aromatic carbocycles. The molecule has 0 unspecified atom stereocenters. The second kappa shape index (κ2) is 6.23. The smallest absolute Gasteiger partial charge is 0.243 e. The van der Waals surface area contributed by atoms with Gasteiger partial charge in [-0.05, 0) is 35.9 Å². The topological polar surface area (TPSA) is 67.2 Å². The molecule has 3 heterocycles. The number of amides is 2. The molecular formula is C22H15ClN4O2. The van der Waals surface area contributed by atoms with Crippen LogP contribution in [0.2, 0.25) is 5.02 Å². The van der Waals surface area contributed by atoms with E-state index in [0.717, 1.165) is 16.9 Å². The fourth-order valence-corrected chi connectivity index (χ4v) is 4.40. The van der Waals surface area contributed by atoms with Crippen molar-refractivity contribution in [1.82, 2.24) is 9.78 Å². The zero-order valence-electron chi connectivity index (χ0n) is 15.2. The number of anilines is 2. The van der Waals surface area contributed by atoms with Gasteiger partial charge in [-0.15, -0.1) is 6.42 Å². The van der Waals surface area contributed by atoms with Gasteiger partial charge >= 0.3 is 0 Å². The number of carbonyl (C=O) groups excluding carboxylic acids is 2. The minimum absolute atomic E-state index is 0.00320. The van der Waals surface area contributed by atoms with Crippen molar-refractivity contribution in [2.75, 3.05) is 16.8 Å². The van der Waals surface area contributed by atoms with Crippen molar-refractivity contribution >= 4 is 34.9 Å². The molecule has 6 nitrogen and oxygen atoms in total. The van der Waals surface area contributed by atoms with Gasteiger partial charge in [-0.2, -0.15) is 5.10 Å². The molecule has 2 aliphatic heterocycles. The number of carbonyl (C=O) groups is 2. The largest absolute Gasteiger partial charge is 0.310 e. The summed E-state index contributed by atoms with van der Waals surface area (Å²) in [5, 5.41) is 7.96. The molecular weight excluding hydrogens is 388 g/mol. The average molecular weight is 403 g/mol. The van der Waals surface area contributed by atoms with Crippen molar-refractivity contribution in [3.8, 4) is 18.0 Å². The lowest BCUT2D eigenvalue weighted by atomic mass is 9.72. The summed E-state index contributed by atoms with van der Waals surface area (Å²) in [6.07, 6.45) is 7.16. The summed E-state index contributed by atoms with van der Waals surface area (Å²) in [4.78, 5) is 27.9. The van der Waals surface area contributed by atoms with Gasteiger partial charge in [0.2, 0.25) is 11.8 Å². The highest BCUT2D eigenvalue weighted by Gasteiger charge is 2.56. The first kappa shape index (κ1) is 17.5. The van der Waals surface area contributed by atoms with Gasteiger partial charge < -0.3 is 5.32 Å². The van der Waals surface area contributed by atoms with Gasteiger partial charge in [0, 0.05) is 22.7 Å². The molecule has 0 aliphatic carbocycles. The van der Waals surface area contributed by atoms with Gasteiger partial charge in [-0.25, -0.2) is 4.68 Å². The van der Waals surface area contributed by atoms with Crippen molar-refractivity contribution in [2.45, 2.75) is 11.8 Å². The Kier molecular flexibility index (Phi) is 3.76. The summed E-state index contributed by atoms with van der Waals surface area (Å²) in [6, 6.07) is 14.6. The lowest BCUT2D eigenvalue weighted by Gasteiger charge is -2.32. The van der Waals surface area contributed by atoms with Gasteiger partial charge in [0.25, 0.3) is 0 Å². The molecule has 29 heavy (non-hydrogen) atoms. The molecule has 5 rings (SSSR count). The molecule has 1 spiro atoms. The Bertz CT molecular complexity index is 1210. The number of para-hydroxylation sites is 1. The zero-order valence-corrected chi connectivity index (χ0v) is 16.0. The highest BCUT2D eigenvalue weighted by molar-refractivity contribution is 6.30. The number of nitrogens with one attached hydrogen (secondary N) is 1. The highest BCUT2D eigenvalue weighted by Crippen LogP contribution is 2.52. The summed E-state index contributed by atoms with van der Waals surface area (Å²) in [5.74, 6) is 2.57. The molecule has 3 aromatic rings. The van der Waals surface area contributed by atoms with E-state index >= 15 is 0 Å². The van der Waals surface area contributed by atoms with E-state index in [-0.39, 0.29) is 24.8 Å².